The molecular weight excluding hydrogens is 835 g/mol. The molecule has 0 saturated heterocycles. The van der Waals surface area contributed by atoms with Crippen molar-refractivity contribution in [3.63, 3.8) is 0 Å². The zero-order valence-corrected chi connectivity index (χ0v) is 30.7. The van der Waals surface area contributed by atoms with Gasteiger partial charge in [-0.15, -0.1) is 75.0 Å². The summed E-state index contributed by atoms with van der Waals surface area (Å²) in [6.45, 7) is 8.27. The van der Waals surface area contributed by atoms with E-state index in [1.807, 2.05) is 17.5 Å². The Kier molecular flexibility index (Phi) is 10.2. The zero-order chi connectivity index (χ0) is 37.6. The average molecular weight is 872 g/mol. The van der Waals surface area contributed by atoms with Gasteiger partial charge in [-0.1, -0.05) is 59.7 Å². The maximum absolute atomic E-state index is 13.2. The SMILES string of the molecule is Cc1[c-]c(-c2nccc3c2sc2cc(CC(C)C)ccc23)cc(C)c1.[2H]C([2H])([2H])c1cnc(-c2[c-]c(C)c(C)c(C(F)(F)F)c2)cc1C(F)(F)F.[Ir]. The van der Waals surface area contributed by atoms with E-state index in [9.17, 15) is 26.3 Å². The van der Waals surface area contributed by atoms with Crippen LogP contribution in [0.5, 0.6) is 0 Å². The largest absolute Gasteiger partial charge is 0.416 e. The molecule has 0 bridgehead atoms. The molecule has 6 aromatic rings. The number of nitrogens with zero attached hydrogens (tertiary/aromatic N) is 2. The molecule has 0 spiro atoms. The van der Waals surface area contributed by atoms with Gasteiger partial charge in [-0.05, 0) is 64.5 Å². The van der Waals surface area contributed by atoms with E-state index in [1.165, 1.54) is 45.1 Å². The van der Waals surface area contributed by atoms with Gasteiger partial charge in [-0.25, -0.2) is 0 Å². The first-order chi connectivity index (χ1) is 23.6. The molecule has 3 heterocycles. The van der Waals surface area contributed by atoms with Gasteiger partial charge in [0, 0.05) is 51.7 Å². The number of hydrogen-bond donors (Lipinski definition) is 0. The van der Waals surface area contributed by atoms with Crippen LogP contribution in [-0.4, -0.2) is 9.97 Å². The Labute approximate surface area is 304 Å². The molecule has 10 heteroatoms. The quantitative estimate of drug-likeness (QED) is 0.130. The number of aryl methyl sites for hydroxylation is 4. The van der Waals surface area contributed by atoms with Crippen molar-refractivity contribution in [3.8, 4) is 22.5 Å². The van der Waals surface area contributed by atoms with Crippen LogP contribution in [0.1, 0.15) is 62.5 Å². The van der Waals surface area contributed by atoms with Gasteiger partial charge in [-0.2, -0.15) is 26.3 Å². The first-order valence-electron chi connectivity index (χ1n) is 16.6. The van der Waals surface area contributed by atoms with E-state index in [2.05, 4.69) is 81.2 Å². The maximum Gasteiger partial charge on any atom is 0.416 e. The predicted octanol–water partition coefficient (Wildman–Crippen LogP) is 12.2. The molecule has 0 aliphatic carbocycles. The third kappa shape index (κ3) is 8.59. The molecule has 259 valence electrons. The van der Waals surface area contributed by atoms with Crippen molar-refractivity contribution < 1.29 is 50.6 Å². The van der Waals surface area contributed by atoms with E-state index in [0.717, 1.165) is 23.2 Å². The Hall–Kier alpha value is -3.59. The summed E-state index contributed by atoms with van der Waals surface area (Å²) in [5.74, 6) is 0.675. The van der Waals surface area contributed by atoms with Crippen molar-refractivity contribution in [2.45, 2.75) is 67.2 Å². The van der Waals surface area contributed by atoms with E-state index >= 15 is 0 Å². The van der Waals surface area contributed by atoms with E-state index < -0.39 is 41.6 Å². The fraction of sp³-hybridized carbons (Fsp3) is 0.282. The summed E-state index contributed by atoms with van der Waals surface area (Å²) < 4.78 is 103. The molecule has 0 unspecified atom stereocenters. The molecule has 0 fully saturated rings. The van der Waals surface area contributed by atoms with Crippen LogP contribution < -0.4 is 0 Å². The minimum atomic E-state index is -5.01. The van der Waals surface area contributed by atoms with Crippen LogP contribution in [0.25, 0.3) is 42.7 Å². The molecule has 6 rings (SSSR count). The van der Waals surface area contributed by atoms with Gasteiger partial charge in [0.2, 0.25) is 0 Å². The monoisotopic (exact) mass is 872 g/mol. The van der Waals surface area contributed by atoms with Crippen LogP contribution in [0.15, 0.2) is 60.9 Å². The molecule has 0 atom stereocenters. The predicted molar refractivity (Wildman–Crippen MR) is 182 cm³/mol. The van der Waals surface area contributed by atoms with E-state index in [4.69, 9.17) is 9.10 Å². The third-order valence-corrected chi connectivity index (χ3v) is 9.04. The van der Waals surface area contributed by atoms with Crippen molar-refractivity contribution in [2.24, 2.45) is 5.92 Å². The topological polar surface area (TPSA) is 25.8 Å². The number of alkyl halides is 6. The van der Waals surface area contributed by atoms with Gasteiger partial charge in [-0.3, -0.25) is 0 Å². The van der Waals surface area contributed by atoms with Crippen molar-refractivity contribution in [3.05, 3.63) is 118 Å². The molecule has 0 N–H and O–H groups in total. The second-order valence-electron chi connectivity index (χ2n) is 12.3. The first-order valence-corrected chi connectivity index (χ1v) is 15.9. The third-order valence-electron chi connectivity index (χ3n) is 7.87. The number of rotatable bonds is 4. The molecule has 0 saturated carbocycles. The zero-order valence-electron chi connectivity index (χ0n) is 30.5. The fourth-order valence-electron chi connectivity index (χ4n) is 5.62. The number of fused-ring (bicyclic) bond motifs is 3. The van der Waals surface area contributed by atoms with E-state index in [0.29, 0.717) is 24.2 Å². The molecule has 49 heavy (non-hydrogen) atoms. The van der Waals surface area contributed by atoms with Crippen LogP contribution in [0, 0.1) is 52.6 Å². The Morgan fingerprint density at radius 1 is 0.816 bits per heavy atom. The smallest absolute Gasteiger partial charge is 0.304 e. The van der Waals surface area contributed by atoms with Crippen molar-refractivity contribution in [1.82, 2.24) is 9.97 Å². The summed E-state index contributed by atoms with van der Waals surface area (Å²) >= 11 is 1.85. The Morgan fingerprint density at radius 3 is 2.16 bits per heavy atom. The number of hydrogen-bond acceptors (Lipinski definition) is 3. The second-order valence-corrected chi connectivity index (χ2v) is 13.3. The fourth-order valence-corrected chi connectivity index (χ4v) is 6.88. The standard InChI is InChI=1S/C23H22NS.C16H12F6N.Ir/c1-14(2)9-17-5-6-19-20-7-8-24-22(23(20)25-21(19)13-17)18-11-15(3)10-16(4)12-18;1-8-4-11(5-13(10(8)3)16(20,21)22)14-6-12(15(17,18)19)9(2)7-23-14;/h5-8,10-11,13-14H,9H2,1-4H3;5-7H,1-3H3;/q2*-1;/i;2D3;. The first kappa shape index (κ1) is 33.9. The summed E-state index contributed by atoms with van der Waals surface area (Å²) in [7, 11) is 0. The number of aromatic nitrogens is 2. The summed E-state index contributed by atoms with van der Waals surface area (Å²) in [5, 5.41) is 2.63. The van der Waals surface area contributed by atoms with Gasteiger partial charge >= 0.3 is 12.4 Å². The minimum absolute atomic E-state index is 0. The normalized spacial score (nSPS) is 13.0. The van der Waals surface area contributed by atoms with Crippen molar-refractivity contribution in [2.75, 3.05) is 0 Å². The molecule has 2 nitrogen and oxygen atoms in total. The Morgan fingerprint density at radius 2 is 1.53 bits per heavy atom. The van der Waals surface area contributed by atoms with Crippen LogP contribution in [-0.2, 0) is 38.9 Å². The molecule has 0 amide bonds. The van der Waals surface area contributed by atoms with E-state index in [-0.39, 0.29) is 36.8 Å². The maximum atomic E-state index is 13.2. The molecule has 0 aliphatic heterocycles. The summed E-state index contributed by atoms with van der Waals surface area (Å²) in [4.78, 5) is 8.33. The number of halogens is 6. The van der Waals surface area contributed by atoms with Crippen molar-refractivity contribution in [1.29, 1.82) is 0 Å². The summed E-state index contributed by atoms with van der Waals surface area (Å²) in [5.41, 5.74) is 1.73. The van der Waals surface area contributed by atoms with Crippen LogP contribution in [0.3, 0.4) is 0 Å². The van der Waals surface area contributed by atoms with Crippen LogP contribution in [0.4, 0.5) is 26.3 Å². The van der Waals surface area contributed by atoms with Crippen LogP contribution >= 0.6 is 11.3 Å². The molecule has 0 aliphatic rings. The molecule has 1 radical (unpaired) electrons. The van der Waals surface area contributed by atoms with Gasteiger partial charge in [0.25, 0.3) is 0 Å². The van der Waals surface area contributed by atoms with Crippen molar-refractivity contribution >= 4 is 31.5 Å². The van der Waals surface area contributed by atoms with E-state index in [1.54, 1.807) is 0 Å². The van der Waals surface area contributed by atoms with Gasteiger partial charge in [0.15, 0.2) is 0 Å². The molecular formula is C39H34F6IrN2S-2. The molecule has 3 aromatic carbocycles. The van der Waals surface area contributed by atoms with Gasteiger partial charge in [0.1, 0.15) is 0 Å². The number of benzene rings is 3. The van der Waals surface area contributed by atoms with Crippen LogP contribution in [0.2, 0.25) is 0 Å². The second kappa shape index (κ2) is 14.7. The number of thiophene rings is 1. The average Bonchev–Trinajstić information content (AvgIpc) is 3.38. The Bertz CT molecular complexity index is 2220. The van der Waals surface area contributed by atoms with Gasteiger partial charge < -0.3 is 9.97 Å². The summed E-state index contributed by atoms with van der Waals surface area (Å²) in [6.07, 6.45) is -6.14. The minimum Gasteiger partial charge on any atom is -0.304 e. The molecule has 3 aromatic heterocycles. The Balaban J connectivity index is 0.000000228. The summed E-state index contributed by atoms with van der Waals surface area (Å²) in [6, 6.07) is 20.5. The van der Waals surface area contributed by atoms with Gasteiger partial charge in [0.05, 0.1) is 5.56 Å². The number of pyridine rings is 2.